The van der Waals surface area contributed by atoms with Crippen LogP contribution in [-0.2, 0) is 62.3 Å². The molecule has 3 aliphatic heterocycles. The summed E-state index contributed by atoms with van der Waals surface area (Å²) >= 11 is 13.2. The number of carbonyl (C=O) groups excluding carboxylic acids is 12. The number of amides is 12. The molecule has 0 aromatic rings. The summed E-state index contributed by atoms with van der Waals surface area (Å²) in [4.78, 5) is 194. The maximum absolute atomic E-state index is 15.7. The van der Waals surface area contributed by atoms with E-state index in [2.05, 4.69) is 22.9 Å². The second-order valence-electron chi connectivity index (χ2n) is 32.6. The van der Waals surface area contributed by atoms with Gasteiger partial charge < -0.3 is 64.8 Å². The summed E-state index contributed by atoms with van der Waals surface area (Å²) in [7, 11) is 11.8. The lowest BCUT2D eigenvalue weighted by Gasteiger charge is -2.46. The standard InChI is InChI=1S/C77H122Cl2F2N12O13/c1-13-47(4)65-74(103)87(8)45-63(96)88(9)56-27-16-15-21-36-92(73(56)102)60(40-49-30-28-46(3)29-31-49)72(101)86(7)44-61(94)82-55(33-32-50-37-53(78)64(67(80)81)54(79)38-50)70(99)93-43-52(106-14-2)41-58(93)69(98)84-77(34-22-35-77)76(105)91(12)66(51-25-19-20-26-51)75(104)90(11)59(71(100)85(5)6)42-62(95)89(10)57(68(97)83-65)39-48-23-17-18-24-48/h15-16,46-60,64-67H,13-14,17-45H2,1-12H3,(H,82,94)(H,83,97)(H,84,98)/b16-15-/t46?,47-,49?,50?,52+,53?,54?,55-,56-,57-,58-,59-,60-,64?,65-,66-/m0/s1. The van der Waals surface area contributed by atoms with Crippen molar-refractivity contribution in [2.75, 3.05) is 89.2 Å². The molecule has 12 amide bonds. The van der Waals surface area contributed by atoms with Crippen molar-refractivity contribution in [2.24, 2.45) is 41.4 Å². The summed E-state index contributed by atoms with van der Waals surface area (Å²) in [5.74, 6) is -9.53. The number of hydrogen-bond acceptors (Lipinski definition) is 13. The summed E-state index contributed by atoms with van der Waals surface area (Å²) in [6.45, 7) is 6.67. The third-order valence-corrected chi connectivity index (χ3v) is 26.0. The van der Waals surface area contributed by atoms with Gasteiger partial charge in [-0.15, -0.1) is 23.2 Å². The number of fused-ring (bicyclic) bond motifs is 3. The van der Waals surface area contributed by atoms with E-state index in [-0.39, 0.29) is 102 Å². The Morgan fingerprint density at radius 3 is 1.85 bits per heavy atom. The van der Waals surface area contributed by atoms with Gasteiger partial charge in [-0.2, -0.15) is 0 Å². The van der Waals surface area contributed by atoms with E-state index >= 15 is 38.4 Å². The van der Waals surface area contributed by atoms with Crippen molar-refractivity contribution in [3.8, 4) is 0 Å². The van der Waals surface area contributed by atoms with E-state index in [4.69, 9.17) is 27.9 Å². The van der Waals surface area contributed by atoms with Gasteiger partial charge in [-0.1, -0.05) is 104 Å². The molecule has 2 saturated heterocycles. The number of ether oxygens (including phenoxy) is 1. The van der Waals surface area contributed by atoms with Gasteiger partial charge in [0.2, 0.25) is 77.3 Å². The molecule has 0 radical (unpaired) electrons. The first-order valence-electron chi connectivity index (χ1n) is 39.3. The van der Waals surface area contributed by atoms with Gasteiger partial charge in [-0.05, 0) is 126 Å². The molecular weight excluding hydrogens is 1410 g/mol. The Morgan fingerprint density at radius 1 is 0.642 bits per heavy atom. The Labute approximate surface area is 636 Å². The smallest absolute Gasteiger partial charge is 0.248 e. The van der Waals surface area contributed by atoms with Gasteiger partial charge in [0, 0.05) is 93.3 Å². The number of hydrogen-bond donors (Lipinski definition) is 3. The lowest BCUT2D eigenvalue weighted by molar-refractivity contribution is -0.158. The van der Waals surface area contributed by atoms with Gasteiger partial charge in [0.05, 0.1) is 31.5 Å². The molecule has 8 rings (SSSR count). The molecule has 5 aliphatic carbocycles. The molecular formula is C77H122Cl2F2N12O13. The van der Waals surface area contributed by atoms with E-state index in [1.165, 1.54) is 100 Å². The quantitative estimate of drug-likeness (QED) is 0.123. The van der Waals surface area contributed by atoms with Crippen molar-refractivity contribution < 1.29 is 71.1 Å². The van der Waals surface area contributed by atoms with Crippen LogP contribution >= 0.6 is 23.2 Å². The van der Waals surface area contributed by atoms with Crippen LogP contribution in [0.1, 0.15) is 195 Å². The van der Waals surface area contributed by atoms with Crippen LogP contribution in [0.2, 0.25) is 0 Å². The first kappa shape index (κ1) is 85.4. The Bertz CT molecular complexity index is 3140. The minimum absolute atomic E-state index is 0.00940. The highest BCUT2D eigenvalue weighted by Gasteiger charge is 2.54. The topological polar surface area (TPSA) is 279 Å². The summed E-state index contributed by atoms with van der Waals surface area (Å²) in [5.41, 5.74) is -1.56. The largest absolute Gasteiger partial charge is 0.377 e. The fourth-order valence-electron chi connectivity index (χ4n) is 17.9. The normalized spacial score (nSPS) is 33.0. The van der Waals surface area contributed by atoms with Crippen LogP contribution in [0.25, 0.3) is 0 Å². The minimum atomic E-state index is -2.78. The molecule has 106 heavy (non-hydrogen) atoms. The highest BCUT2D eigenvalue weighted by Crippen LogP contribution is 2.43. The van der Waals surface area contributed by atoms with Crippen molar-refractivity contribution in [3.63, 3.8) is 0 Å². The van der Waals surface area contributed by atoms with Crippen LogP contribution in [-0.4, -0.2) is 281 Å². The molecule has 12 atom stereocenters. The van der Waals surface area contributed by atoms with Crippen molar-refractivity contribution >= 4 is 94.1 Å². The Hall–Kier alpha value is -6.22. The zero-order valence-electron chi connectivity index (χ0n) is 64.9. The molecule has 25 nitrogen and oxygen atoms in total. The van der Waals surface area contributed by atoms with E-state index in [1.54, 1.807) is 19.9 Å². The molecule has 0 aromatic carbocycles. The number of rotatable bonds is 14. The third kappa shape index (κ3) is 20.6. The van der Waals surface area contributed by atoms with Gasteiger partial charge >= 0.3 is 0 Å². The molecule has 3 N–H and O–H groups in total. The maximum atomic E-state index is 15.7. The number of alkyl halides is 4. The summed E-state index contributed by atoms with van der Waals surface area (Å²) in [6, 6.07) is -9.86. The van der Waals surface area contributed by atoms with Crippen molar-refractivity contribution in [1.82, 2.24) is 60.0 Å². The van der Waals surface area contributed by atoms with E-state index < -0.39 is 185 Å². The van der Waals surface area contributed by atoms with Crippen LogP contribution in [0.5, 0.6) is 0 Å². The molecule has 29 heteroatoms. The minimum Gasteiger partial charge on any atom is -0.377 e. The van der Waals surface area contributed by atoms with Crippen LogP contribution in [0.15, 0.2) is 12.2 Å². The average molecular weight is 1530 g/mol. The molecule has 8 aliphatic rings. The summed E-state index contributed by atoms with van der Waals surface area (Å²) in [6.07, 6.45) is 11.6. The average Bonchev–Trinajstić information content (AvgIpc) is 1.05. The molecule has 2 bridgehead atoms. The lowest BCUT2D eigenvalue weighted by atomic mass is 9.74. The SMILES string of the molecule is CCO[C@@H]1C[C@H]2C(=O)NC3(CCC3)C(=O)N(C)[C@@H](C3CCCC3)C(=O)N(C)[C@H](C(=O)N(C)C)CC(=O)N(C)[C@@H](CC3CCCC3)C(=O)N[C@@H]([C@@H](C)CC)C(=O)N(C)CC(=O)N(C)[C@H]3C/C=C\CCN(C3=O)[C@@H](CC3CCC(C)CC3)C(=O)N(C)CC(=O)N[C@@H](CCC3CC(Cl)C(C(F)F)C(Cl)C3)C(=O)N2C1. The predicted octanol–water partition coefficient (Wildman–Crippen LogP) is 6.58. The molecule has 5 saturated carbocycles. The molecule has 3 heterocycles. The molecule has 7 fully saturated rings. The fourth-order valence-corrected chi connectivity index (χ4v) is 19.0. The van der Waals surface area contributed by atoms with Crippen molar-refractivity contribution in [1.29, 1.82) is 0 Å². The number of halogens is 4. The first-order chi connectivity index (χ1) is 50.2. The summed E-state index contributed by atoms with van der Waals surface area (Å²) in [5, 5.41) is 6.97. The lowest BCUT2D eigenvalue weighted by Crippen LogP contribution is -2.68. The van der Waals surface area contributed by atoms with Gasteiger partial charge in [-0.3, -0.25) is 57.5 Å². The molecule has 2 unspecified atom stereocenters. The second-order valence-corrected chi connectivity index (χ2v) is 33.7. The zero-order valence-corrected chi connectivity index (χ0v) is 66.4. The zero-order chi connectivity index (χ0) is 77.8. The number of carbonyl (C=O) groups is 12. The van der Waals surface area contributed by atoms with Crippen LogP contribution in [0, 0.1) is 41.4 Å². The van der Waals surface area contributed by atoms with Gasteiger partial charge in [0.1, 0.15) is 53.9 Å². The monoisotopic (exact) mass is 1530 g/mol. The fraction of sp³-hybridized carbons (Fsp3) is 0.818. The van der Waals surface area contributed by atoms with Gasteiger partial charge in [0.25, 0.3) is 0 Å². The molecule has 1 spiro atoms. The number of nitrogens with one attached hydrogen (secondary N) is 3. The molecule has 0 aromatic heterocycles. The van der Waals surface area contributed by atoms with Crippen LogP contribution in [0.4, 0.5) is 8.78 Å². The van der Waals surface area contributed by atoms with E-state index in [9.17, 15) is 28.0 Å². The van der Waals surface area contributed by atoms with Crippen LogP contribution in [0.3, 0.4) is 0 Å². The third-order valence-electron chi connectivity index (χ3n) is 25.0. The first-order valence-corrected chi connectivity index (χ1v) is 40.2. The highest BCUT2D eigenvalue weighted by molar-refractivity contribution is 6.24. The van der Waals surface area contributed by atoms with E-state index in [0.29, 0.717) is 38.0 Å². The van der Waals surface area contributed by atoms with E-state index in [1.807, 2.05) is 13.0 Å². The summed E-state index contributed by atoms with van der Waals surface area (Å²) < 4.78 is 34.7. The Morgan fingerprint density at radius 2 is 1.25 bits per heavy atom. The predicted molar refractivity (Wildman–Crippen MR) is 397 cm³/mol. The number of nitrogens with zero attached hydrogens (tertiary/aromatic N) is 9. The van der Waals surface area contributed by atoms with Crippen molar-refractivity contribution in [2.45, 2.75) is 272 Å². The van der Waals surface area contributed by atoms with Gasteiger partial charge in [-0.25, -0.2) is 8.78 Å². The Kier molecular flexibility index (Phi) is 31.0. The maximum Gasteiger partial charge on any atom is 0.248 e. The number of likely N-dealkylation sites (N-methyl/N-ethyl adjacent to an activating group) is 7. The van der Waals surface area contributed by atoms with Crippen molar-refractivity contribution in [3.05, 3.63) is 12.2 Å². The Balaban J connectivity index is 1.20. The second kappa shape index (κ2) is 38.4. The highest BCUT2D eigenvalue weighted by atomic mass is 35.5. The van der Waals surface area contributed by atoms with Crippen LogP contribution < -0.4 is 16.0 Å². The van der Waals surface area contributed by atoms with E-state index in [0.717, 1.165) is 64.2 Å². The molecule has 596 valence electrons. The van der Waals surface area contributed by atoms with Gasteiger partial charge in [0.15, 0.2) is 0 Å².